The number of rotatable bonds is 7. The molecule has 0 aliphatic rings. The van der Waals surface area contributed by atoms with Crippen molar-refractivity contribution in [2.75, 3.05) is 0 Å². The molecule has 1 amide bonds. The third kappa shape index (κ3) is 4.32. The summed E-state index contributed by atoms with van der Waals surface area (Å²) < 4.78 is 5.37. The number of amides is 1. The average molecular weight is 348 g/mol. The van der Waals surface area contributed by atoms with Gasteiger partial charge >= 0.3 is 5.63 Å². The number of nitrogens with zero attached hydrogens (tertiary/aromatic N) is 1. The molecule has 0 bridgehead atoms. The van der Waals surface area contributed by atoms with E-state index in [4.69, 9.17) is 4.42 Å². The van der Waals surface area contributed by atoms with Gasteiger partial charge in [-0.15, -0.1) is 11.3 Å². The van der Waals surface area contributed by atoms with Crippen LogP contribution in [-0.2, 0) is 13.0 Å². The molecule has 0 spiro atoms. The Morgan fingerprint density at radius 3 is 2.75 bits per heavy atom. The van der Waals surface area contributed by atoms with E-state index in [0.29, 0.717) is 17.9 Å². The molecule has 2 aromatic heterocycles. The first-order chi connectivity index (χ1) is 11.5. The number of hydrogen-bond donors (Lipinski definition) is 1. The maximum atomic E-state index is 12.3. The molecule has 1 N–H and O–H groups in total. The van der Waals surface area contributed by atoms with Gasteiger partial charge in [-0.25, -0.2) is 9.78 Å². The lowest BCUT2D eigenvalue weighted by atomic mass is 10.0. The van der Waals surface area contributed by atoms with Crippen LogP contribution in [0.2, 0.25) is 0 Å². The summed E-state index contributed by atoms with van der Waals surface area (Å²) in [5, 5.41) is 5.56. The second-order valence-corrected chi connectivity index (χ2v) is 6.90. The van der Waals surface area contributed by atoms with Crippen molar-refractivity contribution in [3.05, 3.63) is 49.5 Å². The Labute approximate surface area is 146 Å². The zero-order valence-electron chi connectivity index (χ0n) is 14.6. The molecule has 5 nitrogen and oxygen atoms in total. The molecule has 0 radical (unpaired) electrons. The normalized spacial score (nSPS) is 12.2. The fourth-order valence-electron chi connectivity index (χ4n) is 2.56. The predicted octanol–water partition coefficient (Wildman–Crippen LogP) is 3.80. The zero-order valence-corrected chi connectivity index (χ0v) is 15.5. The van der Waals surface area contributed by atoms with Crippen molar-refractivity contribution in [3.8, 4) is 0 Å². The van der Waals surface area contributed by atoms with E-state index in [1.165, 1.54) is 11.3 Å². The van der Waals surface area contributed by atoms with Crippen LogP contribution in [0.25, 0.3) is 0 Å². The molecule has 1 unspecified atom stereocenters. The first-order valence-electron chi connectivity index (χ1n) is 8.32. The second-order valence-electron chi connectivity index (χ2n) is 5.95. The van der Waals surface area contributed by atoms with Gasteiger partial charge in [-0.05, 0) is 31.4 Å². The first kappa shape index (κ1) is 18.4. The highest BCUT2D eigenvalue weighted by atomic mass is 32.1. The average Bonchev–Trinajstić information content (AvgIpc) is 3.00. The van der Waals surface area contributed by atoms with Crippen molar-refractivity contribution in [2.45, 2.75) is 59.4 Å². The monoisotopic (exact) mass is 348 g/mol. The van der Waals surface area contributed by atoms with Crippen molar-refractivity contribution in [2.24, 2.45) is 0 Å². The van der Waals surface area contributed by atoms with E-state index in [2.05, 4.69) is 17.2 Å². The van der Waals surface area contributed by atoms with Crippen LogP contribution in [0.5, 0.6) is 0 Å². The van der Waals surface area contributed by atoms with E-state index >= 15 is 0 Å². The Hall–Kier alpha value is -1.95. The summed E-state index contributed by atoms with van der Waals surface area (Å²) in [6.45, 7) is 8.23. The molecule has 2 heterocycles. The maximum Gasteiger partial charge on any atom is 0.349 e. The molecular formula is C18H24N2O3S. The summed E-state index contributed by atoms with van der Waals surface area (Å²) >= 11 is 1.50. The number of aryl methyl sites for hydroxylation is 2. The van der Waals surface area contributed by atoms with Crippen molar-refractivity contribution < 1.29 is 9.21 Å². The van der Waals surface area contributed by atoms with Gasteiger partial charge in [0.15, 0.2) is 0 Å². The minimum atomic E-state index is -0.571. The van der Waals surface area contributed by atoms with Crippen molar-refractivity contribution in [3.63, 3.8) is 0 Å². The Kier molecular flexibility index (Phi) is 6.31. The summed E-state index contributed by atoms with van der Waals surface area (Å²) in [6, 6.07) is 1.80. The minimum absolute atomic E-state index is 0.0784. The quantitative estimate of drug-likeness (QED) is 0.826. The Morgan fingerprint density at radius 2 is 2.17 bits per heavy atom. The van der Waals surface area contributed by atoms with Gasteiger partial charge in [0, 0.05) is 11.3 Å². The molecule has 0 saturated carbocycles. The smallest absolute Gasteiger partial charge is 0.349 e. The zero-order chi connectivity index (χ0) is 17.7. The molecule has 0 aliphatic carbocycles. The summed E-state index contributed by atoms with van der Waals surface area (Å²) in [4.78, 5) is 29.0. The highest BCUT2D eigenvalue weighted by molar-refractivity contribution is 7.09. The topological polar surface area (TPSA) is 72.2 Å². The number of thiazole rings is 1. The van der Waals surface area contributed by atoms with E-state index in [1.807, 2.05) is 19.2 Å². The molecule has 1 atom stereocenters. The van der Waals surface area contributed by atoms with Gasteiger partial charge in [0.2, 0.25) is 0 Å². The van der Waals surface area contributed by atoms with E-state index in [1.54, 1.807) is 13.0 Å². The Balaban J connectivity index is 2.12. The number of carbonyl (C=O) groups excluding carboxylic acids is 1. The van der Waals surface area contributed by atoms with Crippen LogP contribution in [0.3, 0.4) is 0 Å². The summed E-state index contributed by atoms with van der Waals surface area (Å²) in [6.07, 6.45) is 2.82. The molecular weight excluding hydrogens is 324 g/mol. The lowest BCUT2D eigenvalue weighted by Gasteiger charge is -2.11. The molecule has 130 valence electrons. The lowest BCUT2D eigenvalue weighted by molar-refractivity contribution is 0.0945. The van der Waals surface area contributed by atoms with E-state index in [-0.39, 0.29) is 11.5 Å². The fourth-order valence-corrected chi connectivity index (χ4v) is 3.38. The Bertz CT molecular complexity index is 764. The van der Waals surface area contributed by atoms with Crippen LogP contribution < -0.4 is 10.9 Å². The van der Waals surface area contributed by atoms with Crippen LogP contribution in [0, 0.1) is 6.92 Å². The standard InChI is InChI=1S/C18H24N2O3S/c1-5-7-11(3)14-8-12(4)16(18(22)23-14)17(21)19-9-15-20-13(6-2)10-24-15/h8,10-11H,5-7,9H2,1-4H3,(H,19,21). The van der Waals surface area contributed by atoms with Gasteiger partial charge in [-0.2, -0.15) is 0 Å². The highest BCUT2D eigenvalue weighted by Crippen LogP contribution is 2.21. The van der Waals surface area contributed by atoms with Crippen LogP contribution in [0.1, 0.15) is 71.9 Å². The summed E-state index contributed by atoms with van der Waals surface area (Å²) in [7, 11) is 0. The fraction of sp³-hybridized carbons (Fsp3) is 0.500. The summed E-state index contributed by atoms with van der Waals surface area (Å²) in [5.41, 5.74) is 1.16. The van der Waals surface area contributed by atoms with Gasteiger partial charge in [0.1, 0.15) is 16.3 Å². The maximum absolute atomic E-state index is 12.3. The SMILES string of the molecule is CCCC(C)c1cc(C)c(C(=O)NCc2nc(CC)cs2)c(=O)o1. The van der Waals surface area contributed by atoms with Crippen LogP contribution in [0.4, 0.5) is 0 Å². The van der Waals surface area contributed by atoms with Crippen LogP contribution >= 0.6 is 11.3 Å². The molecule has 24 heavy (non-hydrogen) atoms. The van der Waals surface area contributed by atoms with Crippen molar-refractivity contribution >= 4 is 17.2 Å². The van der Waals surface area contributed by atoms with Gasteiger partial charge < -0.3 is 9.73 Å². The molecule has 6 heteroatoms. The predicted molar refractivity (Wildman–Crippen MR) is 95.7 cm³/mol. The van der Waals surface area contributed by atoms with E-state index < -0.39 is 11.5 Å². The Morgan fingerprint density at radius 1 is 1.42 bits per heavy atom. The largest absolute Gasteiger partial charge is 0.427 e. The molecule has 0 saturated heterocycles. The molecule has 2 aromatic rings. The first-order valence-corrected chi connectivity index (χ1v) is 9.20. The molecule has 0 fully saturated rings. The molecule has 0 aliphatic heterocycles. The van der Waals surface area contributed by atoms with Gasteiger partial charge in [0.05, 0.1) is 12.2 Å². The van der Waals surface area contributed by atoms with Crippen molar-refractivity contribution in [1.29, 1.82) is 0 Å². The van der Waals surface area contributed by atoms with Gasteiger partial charge in [-0.3, -0.25) is 4.79 Å². The number of aromatic nitrogens is 1. The van der Waals surface area contributed by atoms with E-state index in [9.17, 15) is 9.59 Å². The van der Waals surface area contributed by atoms with Gasteiger partial charge in [0.25, 0.3) is 5.91 Å². The van der Waals surface area contributed by atoms with E-state index in [0.717, 1.165) is 30.0 Å². The third-order valence-electron chi connectivity index (χ3n) is 3.96. The third-order valence-corrected chi connectivity index (χ3v) is 4.86. The number of hydrogen-bond acceptors (Lipinski definition) is 5. The number of nitrogens with one attached hydrogen (secondary N) is 1. The molecule has 0 aromatic carbocycles. The lowest BCUT2D eigenvalue weighted by Crippen LogP contribution is -2.29. The molecule has 2 rings (SSSR count). The summed E-state index contributed by atoms with van der Waals surface area (Å²) in [5.74, 6) is 0.397. The van der Waals surface area contributed by atoms with Crippen LogP contribution in [0.15, 0.2) is 20.7 Å². The second kappa shape index (κ2) is 8.24. The van der Waals surface area contributed by atoms with Crippen LogP contribution in [-0.4, -0.2) is 10.9 Å². The highest BCUT2D eigenvalue weighted by Gasteiger charge is 2.19. The number of carbonyl (C=O) groups is 1. The van der Waals surface area contributed by atoms with Gasteiger partial charge in [-0.1, -0.05) is 27.2 Å². The van der Waals surface area contributed by atoms with Crippen molar-refractivity contribution in [1.82, 2.24) is 10.3 Å². The minimum Gasteiger partial charge on any atom is -0.427 e.